The molecule has 2 aliphatic heterocycles. The van der Waals surface area contributed by atoms with Gasteiger partial charge in [-0.15, -0.1) is 0 Å². The van der Waals surface area contributed by atoms with E-state index in [0.29, 0.717) is 55.9 Å². The Bertz CT molecular complexity index is 1480. The van der Waals surface area contributed by atoms with Crippen molar-refractivity contribution in [3.8, 4) is 11.5 Å². The van der Waals surface area contributed by atoms with Gasteiger partial charge in [-0.3, -0.25) is 19.1 Å². The zero-order valence-corrected chi connectivity index (χ0v) is 19.7. The van der Waals surface area contributed by atoms with E-state index in [9.17, 15) is 9.59 Å². The molecule has 4 heterocycles. The number of carbonyl (C=O) groups is 1. The van der Waals surface area contributed by atoms with Crippen LogP contribution < -0.4 is 5.56 Å². The number of aryl methyl sites for hydroxylation is 2. The number of carbonyl (C=O) groups excluding carboxylic acids is 1. The highest BCUT2D eigenvalue weighted by Gasteiger charge is 2.28. The molecule has 0 spiro atoms. The van der Waals surface area contributed by atoms with Crippen molar-refractivity contribution in [2.24, 2.45) is 0 Å². The van der Waals surface area contributed by atoms with Gasteiger partial charge in [-0.2, -0.15) is 0 Å². The Morgan fingerprint density at radius 3 is 2.46 bits per heavy atom. The Labute approximate surface area is 203 Å². The quantitative estimate of drug-likeness (QED) is 0.482. The summed E-state index contributed by atoms with van der Waals surface area (Å²) in [6.07, 6.45) is 1.15. The van der Waals surface area contributed by atoms with E-state index in [1.807, 2.05) is 41.3 Å². The SMILES string of the molecule is O=C(CCn1c2c(c3ccccc31)CCn1c-2nc2ccccc2c1=O)N1CCN(CCO)CC1. The van der Waals surface area contributed by atoms with Crippen LogP contribution in [0.5, 0.6) is 0 Å². The molecule has 1 amide bonds. The molecular formula is C27H29N5O3. The van der Waals surface area contributed by atoms with Crippen molar-refractivity contribution in [3.63, 3.8) is 0 Å². The normalized spacial score (nSPS) is 16.0. The number of para-hydroxylation sites is 2. The molecule has 2 aliphatic rings. The molecule has 35 heavy (non-hydrogen) atoms. The van der Waals surface area contributed by atoms with Gasteiger partial charge in [-0.1, -0.05) is 30.3 Å². The van der Waals surface area contributed by atoms with Crippen LogP contribution in [0.1, 0.15) is 12.0 Å². The monoisotopic (exact) mass is 471 g/mol. The van der Waals surface area contributed by atoms with Gasteiger partial charge < -0.3 is 14.6 Å². The Morgan fingerprint density at radius 1 is 0.914 bits per heavy atom. The number of aromatic nitrogens is 3. The van der Waals surface area contributed by atoms with Gasteiger partial charge in [-0.05, 0) is 30.2 Å². The summed E-state index contributed by atoms with van der Waals surface area (Å²) in [5.74, 6) is 0.830. The fourth-order valence-electron chi connectivity index (χ4n) is 5.62. The molecule has 1 fully saturated rings. The summed E-state index contributed by atoms with van der Waals surface area (Å²) < 4.78 is 3.99. The third-order valence-corrected chi connectivity index (χ3v) is 7.43. The largest absolute Gasteiger partial charge is 0.395 e. The van der Waals surface area contributed by atoms with Gasteiger partial charge in [0.2, 0.25) is 5.91 Å². The second-order valence-corrected chi connectivity index (χ2v) is 9.35. The number of rotatable bonds is 5. The number of aliphatic hydroxyl groups excluding tert-OH is 1. The van der Waals surface area contributed by atoms with Crippen molar-refractivity contribution >= 4 is 27.7 Å². The molecule has 0 radical (unpaired) electrons. The maximum absolute atomic E-state index is 13.3. The van der Waals surface area contributed by atoms with Crippen molar-refractivity contribution in [2.75, 3.05) is 39.3 Å². The molecule has 0 bridgehead atoms. The maximum atomic E-state index is 13.3. The molecule has 1 N–H and O–H groups in total. The van der Waals surface area contributed by atoms with Crippen molar-refractivity contribution in [3.05, 3.63) is 64.4 Å². The molecule has 2 aromatic heterocycles. The fourth-order valence-corrected chi connectivity index (χ4v) is 5.62. The first-order valence-corrected chi connectivity index (χ1v) is 12.4. The second-order valence-electron chi connectivity index (χ2n) is 9.35. The van der Waals surface area contributed by atoms with E-state index >= 15 is 0 Å². The summed E-state index contributed by atoms with van der Waals surface area (Å²) in [6.45, 7) is 4.91. The topological polar surface area (TPSA) is 83.6 Å². The number of aliphatic hydroxyl groups is 1. The molecule has 0 unspecified atom stereocenters. The van der Waals surface area contributed by atoms with Gasteiger partial charge in [0, 0.05) is 63.1 Å². The number of hydrogen-bond donors (Lipinski definition) is 1. The van der Waals surface area contributed by atoms with E-state index in [4.69, 9.17) is 10.1 Å². The van der Waals surface area contributed by atoms with Crippen molar-refractivity contribution in [1.82, 2.24) is 23.9 Å². The third kappa shape index (κ3) is 3.73. The van der Waals surface area contributed by atoms with Crippen LogP contribution in [0, 0.1) is 0 Å². The lowest BCUT2D eigenvalue weighted by molar-refractivity contribution is -0.133. The molecule has 0 aliphatic carbocycles. The highest BCUT2D eigenvalue weighted by Crippen LogP contribution is 2.36. The van der Waals surface area contributed by atoms with Crippen LogP contribution in [0.15, 0.2) is 53.3 Å². The molecule has 1 saturated heterocycles. The molecule has 0 atom stereocenters. The zero-order chi connectivity index (χ0) is 23.9. The van der Waals surface area contributed by atoms with E-state index in [-0.39, 0.29) is 18.1 Å². The van der Waals surface area contributed by atoms with Crippen LogP contribution in [0.2, 0.25) is 0 Å². The predicted octanol–water partition coefficient (Wildman–Crippen LogP) is 2.10. The average Bonchev–Trinajstić information content (AvgIpc) is 3.22. The minimum atomic E-state index is -0.00937. The first-order chi connectivity index (χ1) is 17.2. The van der Waals surface area contributed by atoms with Crippen LogP contribution in [0.3, 0.4) is 0 Å². The third-order valence-electron chi connectivity index (χ3n) is 7.43. The van der Waals surface area contributed by atoms with Crippen molar-refractivity contribution < 1.29 is 9.90 Å². The Balaban J connectivity index is 1.36. The molecule has 8 nitrogen and oxygen atoms in total. The van der Waals surface area contributed by atoms with Crippen LogP contribution >= 0.6 is 0 Å². The molecule has 2 aromatic carbocycles. The van der Waals surface area contributed by atoms with Gasteiger partial charge in [0.15, 0.2) is 5.82 Å². The highest BCUT2D eigenvalue weighted by atomic mass is 16.3. The van der Waals surface area contributed by atoms with Gasteiger partial charge in [0.25, 0.3) is 5.56 Å². The van der Waals surface area contributed by atoms with Crippen LogP contribution in [0.25, 0.3) is 33.3 Å². The molecule has 4 aromatic rings. The van der Waals surface area contributed by atoms with Crippen LogP contribution in [-0.4, -0.2) is 74.3 Å². The van der Waals surface area contributed by atoms with Gasteiger partial charge in [0.05, 0.1) is 23.2 Å². The summed E-state index contributed by atoms with van der Waals surface area (Å²) in [4.78, 5) is 35.4. The minimum absolute atomic E-state index is 0.00937. The maximum Gasteiger partial charge on any atom is 0.261 e. The number of fused-ring (bicyclic) bond motifs is 6. The summed E-state index contributed by atoms with van der Waals surface area (Å²) in [5.41, 5.74) is 3.93. The molecule has 180 valence electrons. The Morgan fingerprint density at radius 2 is 1.66 bits per heavy atom. The summed E-state index contributed by atoms with van der Waals surface area (Å²) in [7, 11) is 0. The molecule has 0 saturated carbocycles. The molecule has 6 rings (SSSR count). The zero-order valence-electron chi connectivity index (χ0n) is 19.7. The average molecular weight is 472 g/mol. The lowest BCUT2D eigenvalue weighted by atomic mass is 10.0. The van der Waals surface area contributed by atoms with E-state index in [0.717, 1.165) is 30.7 Å². The minimum Gasteiger partial charge on any atom is -0.395 e. The number of amides is 1. The van der Waals surface area contributed by atoms with Gasteiger partial charge >= 0.3 is 0 Å². The van der Waals surface area contributed by atoms with E-state index in [2.05, 4.69) is 21.6 Å². The smallest absolute Gasteiger partial charge is 0.261 e. The van der Waals surface area contributed by atoms with Crippen LogP contribution in [0.4, 0.5) is 0 Å². The van der Waals surface area contributed by atoms with E-state index in [1.165, 1.54) is 10.9 Å². The first kappa shape index (κ1) is 22.0. The van der Waals surface area contributed by atoms with Crippen molar-refractivity contribution in [1.29, 1.82) is 0 Å². The van der Waals surface area contributed by atoms with Crippen molar-refractivity contribution in [2.45, 2.75) is 25.9 Å². The summed E-state index contributed by atoms with van der Waals surface area (Å²) in [6, 6.07) is 15.8. The lowest BCUT2D eigenvalue weighted by Gasteiger charge is -2.34. The summed E-state index contributed by atoms with van der Waals surface area (Å²) >= 11 is 0. The lowest BCUT2D eigenvalue weighted by Crippen LogP contribution is -2.49. The first-order valence-electron chi connectivity index (χ1n) is 12.4. The Kier molecular flexibility index (Phi) is 5.62. The van der Waals surface area contributed by atoms with Gasteiger partial charge in [-0.25, -0.2) is 4.98 Å². The summed E-state index contributed by atoms with van der Waals surface area (Å²) in [5, 5.41) is 11.0. The fraction of sp³-hybridized carbons (Fsp3) is 0.370. The van der Waals surface area contributed by atoms with Crippen LogP contribution in [-0.2, 0) is 24.3 Å². The number of nitrogens with zero attached hydrogens (tertiary/aromatic N) is 5. The Hall–Kier alpha value is -3.49. The predicted molar refractivity (Wildman–Crippen MR) is 135 cm³/mol. The number of benzene rings is 2. The standard InChI is InChI=1S/C27H29N5O3/c33-18-17-29-13-15-30(16-14-29)24(34)10-12-31-23-8-4-2-5-19(23)20-9-11-32-26(25(20)31)28-22-7-3-1-6-21(22)27(32)35/h1-8,33H,9-18H2. The van der Waals surface area contributed by atoms with E-state index < -0.39 is 0 Å². The number of β-amino-alcohol motifs (C(OH)–C–C–N with tert-alkyl or cyclic N) is 1. The second kappa shape index (κ2) is 8.94. The van der Waals surface area contributed by atoms with Gasteiger partial charge in [0.1, 0.15) is 0 Å². The number of hydrogen-bond acceptors (Lipinski definition) is 5. The number of piperazine rings is 1. The molecular weight excluding hydrogens is 442 g/mol. The molecule has 8 heteroatoms. The highest BCUT2D eigenvalue weighted by molar-refractivity contribution is 5.92. The van der Waals surface area contributed by atoms with E-state index in [1.54, 1.807) is 4.57 Å².